The van der Waals surface area contributed by atoms with Crippen molar-refractivity contribution in [3.63, 3.8) is 0 Å². The molecule has 0 radical (unpaired) electrons. The van der Waals surface area contributed by atoms with Crippen molar-refractivity contribution in [2.24, 2.45) is 5.92 Å². The number of carbonyl (C=O) groups excluding carboxylic acids is 1. The van der Waals surface area contributed by atoms with Crippen molar-refractivity contribution in [2.75, 3.05) is 5.32 Å². The van der Waals surface area contributed by atoms with Crippen LogP contribution in [0.15, 0.2) is 36.5 Å². The first-order valence-electron chi connectivity index (χ1n) is 8.76. The van der Waals surface area contributed by atoms with Crippen LogP contribution in [-0.2, 0) is 11.0 Å². The number of rotatable bonds is 4. The number of anilines is 1. The standard InChI is InChI=1S/C18H19F3N4O3/c19-18(20,21)12-2-1-3-14(10-12)25-9-8-15(24-25)23-17(28)22-13-6-4-11(5-7-13)16(26)27/h1-3,8-11,13H,4-7H2,(H,26,27)(H2,22,23,24,28). The van der Waals surface area contributed by atoms with Crippen LogP contribution in [0.2, 0.25) is 0 Å². The Morgan fingerprint density at radius 2 is 1.86 bits per heavy atom. The lowest BCUT2D eigenvalue weighted by Crippen LogP contribution is -2.41. The summed E-state index contributed by atoms with van der Waals surface area (Å²) in [4.78, 5) is 23.0. The van der Waals surface area contributed by atoms with Gasteiger partial charge in [-0.15, -0.1) is 5.10 Å². The van der Waals surface area contributed by atoms with Crippen LogP contribution in [0, 0.1) is 5.92 Å². The van der Waals surface area contributed by atoms with Crippen LogP contribution in [0.1, 0.15) is 31.2 Å². The van der Waals surface area contributed by atoms with Crippen molar-refractivity contribution >= 4 is 17.8 Å². The van der Waals surface area contributed by atoms with Crippen molar-refractivity contribution in [3.05, 3.63) is 42.1 Å². The number of amides is 2. The Morgan fingerprint density at radius 1 is 1.14 bits per heavy atom. The molecular weight excluding hydrogens is 377 g/mol. The number of hydrogen-bond acceptors (Lipinski definition) is 3. The van der Waals surface area contributed by atoms with E-state index < -0.39 is 23.7 Å². The van der Waals surface area contributed by atoms with Crippen LogP contribution in [0.4, 0.5) is 23.8 Å². The van der Waals surface area contributed by atoms with Crippen LogP contribution in [0.3, 0.4) is 0 Å². The number of aliphatic carboxylic acids is 1. The summed E-state index contributed by atoms with van der Waals surface area (Å²) < 4.78 is 39.7. The van der Waals surface area contributed by atoms with E-state index in [2.05, 4.69) is 15.7 Å². The highest BCUT2D eigenvalue weighted by atomic mass is 19.4. The molecule has 1 fully saturated rings. The highest BCUT2D eigenvalue weighted by Crippen LogP contribution is 2.30. The average molecular weight is 396 g/mol. The zero-order chi connectivity index (χ0) is 20.3. The van der Waals surface area contributed by atoms with E-state index in [-0.39, 0.29) is 23.5 Å². The van der Waals surface area contributed by atoms with E-state index >= 15 is 0 Å². The van der Waals surface area contributed by atoms with E-state index in [0.29, 0.717) is 25.7 Å². The molecule has 3 rings (SSSR count). The normalized spacial score (nSPS) is 19.8. The second kappa shape index (κ2) is 7.91. The predicted molar refractivity (Wildman–Crippen MR) is 94.1 cm³/mol. The van der Waals surface area contributed by atoms with Gasteiger partial charge in [0.2, 0.25) is 0 Å². The van der Waals surface area contributed by atoms with Gasteiger partial charge < -0.3 is 10.4 Å². The molecule has 1 aliphatic rings. The average Bonchev–Trinajstić information content (AvgIpc) is 3.10. The molecule has 1 saturated carbocycles. The Bertz CT molecular complexity index is 858. The minimum absolute atomic E-state index is 0.124. The van der Waals surface area contributed by atoms with Gasteiger partial charge in [-0.1, -0.05) is 6.07 Å². The highest BCUT2D eigenvalue weighted by molar-refractivity contribution is 5.88. The summed E-state index contributed by atoms with van der Waals surface area (Å²) in [6.07, 6.45) is -0.853. The van der Waals surface area contributed by atoms with Gasteiger partial charge in [-0.05, 0) is 43.9 Å². The molecule has 0 bridgehead atoms. The molecule has 150 valence electrons. The van der Waals surface area contributed by atoms with Gasteiger partial charge in [0.25, 0.3) is 0 Å². The molecule has 1 aliphatic carbocycles. The van der Waals surface area contributed by atoms with Crippen molar-refractivity contribution in [3.8, 4) is 5.69 Å². The molecule has 1 heterocycles. The number of nitrogens with zero attached hydrogens (tertiary/aromatic N) is 2. The molecule has 0 spiro atoms. The largest absolute Gasteiger partial charge is 0.481 e. The monoisotopic (exact) mass is 396 g/mol. The van der Waals surface area contributed by atoms with E-state index in [0.717, 1.165) is 12.1 Å². The lowest BCUT2D eigenvalue weighted by molar-refractivity contribution is -0.143. The molecule has 10 heteroatoms. The number of nitrogens with one attached hydrogen (secondary N) is 2. The van der Waals surface area contributed by atoms with E-state index in [4.69, 9.17) is 5.11 Å². The third kappa shape index (κ3) is 4.81. The number of carboxylic acid groups (broad SMARTS) is 1. The molecule has 1 aromatic heterocycles. The minimum Gasteiger partial charge on any atom is -0.481 e. The van der Waals surface area contributed by atoms with Crippen molar-refractivity contribution in [1.82, 2.24) is 15.1 Å². The van der Waals surface area contributed by atoms with Crippen LogP contribution < -0.4 is 10.6 Å². The van der Waals surface area contributed by atoms with Crippen LogP contribution in [-0.4, -0.2) is 32.9 Å². The Balaban J connectivity index is 1.58. The topological polar surface area (TPSA) is 96.3 Å². The predicted octanol–water partition coefficient (Wildman–Crippen LogP) is 3.66. The fourth-order valence-corrected chi connectivity index (χ4v) is 3.18. The lowest BCUT2D eigenvalue weighted by atomic mass is 9.86. The van der Waals surface area contributed by atoms with Gasteiger partial charge in [0.1, 0.15) is 0 Å². The first-order valence-corrected chi connectivity index (χ1v) is 8.76. The second-order valence-corrected chi connectivity index (χ2v) is 6.68. The SMILES string of the molecule is O=C(Nc1ccn(-c2cccc(C(F)(F)F)c2)n1)NC1CCC(C(=O)O)CC1. The van der Waals surface area contributed by atoms with Gasteiger partial charge in [-0.2, -0.15) is 13.2 Å². The van der Waals surface area contributed by atoms with Crippen molar-refractivity contribution < 1.29 is 27.9 Å². The van der Waals surface area contributed by atoms with E-state index in [1.54, 1.807) is 0 Å². The number of benzene rings is 1. The van der Waals surface area contributed by atoms with Crippen molar-refractivity contribution in [2.45, 2.75) is 37.9 Å². The summed E-state index contributed by atoms with van der Waals surface area (Å²) in [7, 11) is 0. The second-order valence-electron chi connectivity index (χ2n) is 6.68. The first kappa shape index (κ1) is 19.7. The molecule has 3 N–H and O–H groups in total. The Labute approximate surface area is 158 Å². The summed E-state index contributed by atoms with van der Waals surface area (Å²) in [6, 6.07) is 5.56. The summed E-state index contributed by atoms with van der Waals surface area (Å²) >= 11 is 0. The van der Waals surface area contributed by atoms with E-state index in [1.807, 2.05) is 0 Å². The lowest BCUT2D eigenvalue weighted by Gasteiger charge is -2.26. The zero-order valence-electron chi connectivity index (χ0n) is 14.7. The van der Waals surface area contributed by atoms with Gasteiger partial charge in [-0.25, -0.2) is 9.48 Å². The van der Waals surface area contributed by atoms with Gasteiger partial charge in [0.15, 0.2) is 5.82 Å². The quantitative estimate of drug-likeness (QED) is 0.735. The molecule has 1 aromatic carbocycles. The maximum atomic E-state index is 12.8. The molecule has 2 amide bonds. The fraction of sp³-hybridized carbons (Fsp3) is 0.389. The zero-order valence-corrected chi connectivity index (χ0v) is 14.7. The smallest absolute Gasteiger partial charge is 0.416 e. The van der Waals surface area contributed by atoms with Gasteiger partial charge >= 0.3 is 18.2 Å². The summed E-state index contributed by atoms with van der Waals surface area (Å²) in [5.41, 5.74) is -0.569. The molecule has 0 saturated heterocycles. The third-order valence-corrected chi connectivity index (χ3v) is 4.68. The number of aromatic nitrogens is 2. The molecule has 7 nitrogen and oxygen atoms in total. The Hall–Kier alpha value is -3.04. The Morgan fingerprint density at radius 3 is 2.50 bits per heavy atom. The van der Waals surface area contributed by atoms with E-state index in [1.165, 1.54) is 29.1 Å². The maximum absolute atomic E-state index is 12.8. The van der Waals surface area contributed by atoms with Crippen LogP contribution >= 0.6 is 0 Å². The third-order valence-electron chi connectivity index (χ3n) is 4.68. The summed E-state index contributed by atoms with van der Waals surface area (Å²) in [6.45, 7) is 0. The highest BCUT2D eigenvalue weighted by Gasteiger charge is 2.30. The molecule has 28 heavy (non-hydrogen) atoms. The number of urea groups is 1. The van der Waals surface area contributed by atoms with Crippen LogP contribution in [0.5, 0.6) is 0 Å². The molecule has 0 aliphatic heterocycles. The number of alkyl halides is 3. The minimum atomic E-state index is -4.45. The molecular formula is C18H19F3N4O3. The number of carboxylic acids is 1. The van der Waals surface area contributed by atoms with Crippen molar-refractivity contribution in [1.29, 1.82) is 0 Å². The summed E-state index contributed by atoms with van der Waals surface area (Å²) in [5, 5.41) is 18.4. The van der Waals surface area contributed by atoms with Gasteiger partial charge in [0.05, 0.1) is 17.2 Å². The van der Waals surface area contributed by atoms with Gasteiger partial charge in [-0.3, -0.25) is 10.1 Å². The molecule has 0 unspecified atom stereocenters. The number of hydrogen-bond donors (Lipinski definition) is 3. The Kier molecular flexibility index (Phi) is 5.57. The maximum Gasteiger partial charge on any atom is 0.416 e. The van der Waals surface area contributed by atoms with Crippen LogP contribution in [0.25, 0.3) is 5.69 Å². The van der Waals surface area contributed by atoms with E-state index in [9.17, 15) is 22.8 Å². The van der Waals surface area contributed by atoms with Gasteiger partial charge in [0, 0.05) is 18.3 Å². The molecule has 0 atom stereocenters. The first-order chi connectivity index (χ1) is 13.2. The fourth-order valence-electron chi connectivity index (χ4n) is 3.18. The number of halogens is 3. The molecule has 2 aromatic rings. The number of carbonyl (C=O) groups is 2. The summed E-state index contributed by atoms with van der Waals surface area (Å²) in [5.74, 6) is -0.999.